The van der Waals surface area contributed by atoms with Crippen molar-refractivity contribution < 1.29 is 18.0 Å². The summed E-state index contributed by atoms with van der Waals surface area (Å²) >= 11 is 2.82. The van der Waals surface area contributed by atoms with Crippen molar-refractivity contribution in [1.82, 2.24) is 5.32 Å². The number of nitrogens with one attached hydrogen (secondary N) is 1. The van der Waals surface area contributed by atoms with Gasteiger partial charge >= 0.3 is 6.18 Å². The molecule has 0 aliphatic rings. The van der Waals surface area contributed by atoms with Gasteiger partial charge in [-0.3, -0.25) is 4.79 Å². The predicted molar refractivity (Wildman–Crippen MR) is 69.7 cm³/mol. The van der Waals surface area contributed by atoms with Crippen LogP contribution in [0.2, 0.25) is 0 Å². The molecular formula is C12H14BrF3N2O. The Morgan fingerprint density at radius 3 is 2.63 bits per heavy atom. The quantitative estimate of drug-likeness (QED) is 0.886. The molecule has 1 rings (SSSR count). The minimum Gasteiger partial charge on any atom is -0.350 e. The molecule has 0 saturated carbocycles. The molecule has 0 aliphatic heterocycles. The van der Waals surface area contributed by atoms with Crippen molar-refractivity contribution in [1.29, 1.82) is 0 Å². The van der Waals surface area contributed by atoms with Gasteiger partial charge in [-0.25, -0.2) is 0 Å². The van der Waals surface area contributed by atoms with Crippen molar-refractivity contribution in [2.75, 3.05) is 6.54 Å². The molecule has 106 valence electrons. The average molecular weight is 339 g/mol. The van der Waals surface area contributed by atoms with Crippen LogP contribution in [0.25, 0.3) is 0 Å². The first kappa shape index (κ1) is 16.0. The van der Waals surface area contributed by atoms with E-state index in [1.54, 1.807) is 0 Å². The number of carbonyl (C=O) groups excluding carboxylic acids is 1. The van der Waals surface area contributed by atoms with Gasteiger partial charge in [-0.1, -0.05) is 22.9 Å². The summed E-state index contributed by atoms with van der Waals surface area (Å²) in [5, 5.41) is 2.50. The van der Waals surface area contributed by atoms with Crippen LogP contribution in [0.4, 0.5) is 13.2 Å². The van der Waals surface area contributed by atoms with E-state index in [9.17, 15) is 18.0 Å². The first-order chi connectivity index (χ1) is 8.75. The monoisotopic (exact) mass is 338 g/mol. The number of halogens is 4. The van der Waals surface area contributed by atoms with Crippen molar-refractivity contribution >= 4 is 21.8 Å². The van der Waals surface area contributed by atoms with Gasteiger partial charge in [0, 0.05) is 22.6 Å². The zero-order valence-electron chi connectivity index (χ0n) is 10.2. The molecule has 0 saturated heterocycles. The van der Waals surface area contributed by atoms with E-state index in [0.29, 0.717) is 6.42 Å². The van der Waals surface area contributed by atoms with Gasteiger partial charge in [0.1, 0.15) is 0 Å². The maximum atomic E-state index is 12.7. The Morgan fingerprint density at radius 1 is 1.47 bits per heavy atom. The number of benzene rings is 1. The first-order valence-corrected chi connectivity index (χ1v) is 6.45. The second-order valence-corrected chi connectivity index (χ2v) is 4.93. The molecule has 0 aromatic heterocycles. The van der Waals surface area contributed by atoms with E-state index in [1.165, 1.54) is 12.1 Å². The van der Waals surface area contributed by atoms with Gasteiger partial charge in [0.15, 0.2) is 0 Å². The molecule has 3 N–H and O–H groups in total. The van der Waals surface area contributed by atoms with Crippen LogP contribution >= 0.6 is 15.9 Å². The second-order valence-electron chi connectivity index (χ2n) is 4.07. The molecule has 3 nitrogen and oxygen atoms in total. The lowest BCUT2D eigenvalue weighted by molar-refractivity contribution is -0.138. The second kappa shape index (κ2) is 6.38. The minimum atomic E-state index is -4.51. The predicted octanol–water partition coefficient (Wildman–Crippen LogP) is 2.94. The highest BCUT2D eigenvalue weighted by Gasteiger charge is 2.33. The molecule has 0 fully saturated rings. The summed E-state index contributed by atoms with van der Waals surface area (Å²) in [6, 6.07) is 3.14. The van der Waals surface area contributed by atoms with Crippen LogP contribution < -0.4 is 11.1 Å². The molecule has 7 heteroatoms. The fourth-order valence-electron chi connectivity index (χ4n) is 1.35. The maximum absolute atomic E-state index is 12.7. The summed E-state index contributed by atoms with van der Waals surface area (Å²) in [5.41, 5.74) is 4.70. The first-order valence-electron chi connectivity index (χ1n) is 5.66. The number of alkyl halides is 3. The number of hydrogen-bond acceptors (Lipinski definition) is 2. The van der Waals surface area contributed by atoms with Gasteiger partial charge in [-0.05, 0) is 24.6 Å². The highest BCUT2D eigenvalue weighted by Crippen LogP contribution is 2.35. The molecule has 0 aliphatic carbocycles. The van der Waals surface area contributed by atoms with Crippen LogP contribution in [0.15, 0.2) is 22.7 Å². The largest absolute Gasteiger partial charge is 0.417 e. The van der Waals surface area contributed by atoms with Crippen LogP contribution in [0.3, 0.4) is 0 Å². The molecule has 0 bridgehead atoms. The number of carbonyl (C=O) groups is 1. The molecule has 1 aromatic rings. The number of amides is 1. The molecule has 0 spiro atoms. The van der Waals surface area contributed by atoms with Gasteiger partial charge in [0.2, 0.25) is 0 Å². The Balaban J connectivity index is 2.87. The number of nitrogens with two attached hydrogens (primary N) is 1. The molecular weight excluding hydrogens is 325 g/mol. The van der Waals surface area contributed by atoms with Crippen molar-refractivity contribution in [2.45, 2.75) is 25.6 Å². The molecule has 1 atom stereocenters. The average Bonchev–Trinajstić information content (AvgIpc) is 2.34. The fourth-order valence-corrected chi connectivity index (χ4v) is 1.83. The normalized spacial score (nSPS) is 13.2. The highest BCUT2D eigenvalue weighted by atomic mass is 79.9. The Bertz CT molecular complexity index is 463. The van der Waals surface area contributed by atoms with Crippen LogP contribution in [0, 0.1) is 0 Å². The smallest absolute Gasteiger partial charge is 0.350 e. The summed E-state index contributed by atoms with van der Waals surface area (Å²) in [7, 11) is 0. The summed E-state index contributed by atoms with van der Waals surface area (Å²) in [6.45, 7) is 2.09. The van der Waals surface area contributed by atoms with Crippen molar-refractivity contribution in [3.63, 3.8) is 0 Å². The van der Waals surface area contributed by atoms with E-state index in [1.807, 2.05) is 6.92 Å². The molecule has 1 amide bonds. The van der Waals surface area contributed by atoms with E-state index in [0.717, 1.165) is 6.07 Å². The molecule has 1 aromatic carbocycles. The zero-order chi connectivity index (χ0) is 14.6. The SMILES string of the molecule is CCC(N)CNC(=O)c1ccc(Br)c(C(F)(F)F)c1. The standard InChI is InChI=1S/C12H14BrF3N2O/c1-2-8(17)6-18-11(19)7-3-4-10(13)9(5-7)12(14,15)16/h3-5,8H,2,6,17H2,1H3,(H,18,19). The lowest BCUT2D eigenvalue weighted by Crippen LogP contribution is -2.36. The van der Waals surface area contributed by atoms with Crippen molar-refractivity contribution in [2.24, 2.45) is 5.73 Å². The highest BCUT2D eigenvalue weighted by molar-refractivity contribution is 9.10. The Kier molecular flexibility index (Phi) is 5.37. The summed E-state index contributed by atoms with van der Waals surface area (Å²) in [5.74, 6) is -0.568. The summed E-state index contributed by atoms with van der Waals surface area (Å²) < 4.78 is 37.9. The third-order valence-electron chi connectivity index (χ3n) is 2.58. The van der Waals surface area contributed by atoms with E-state index in [-0.39, 0.29) is 22.6 Å². The van der Waals surface area contributed by atoms with Gasteiger partial charge in [-0.15, -0.1) is 0 Å². The van der Waals surface area contributed by atoms with Crippen LogP contribution in [0.1, 0.15) is 29.3 Å². The third-order valence-corrected chi connectivity index (χ3v) is 3.27. The van der Waals surface area contributed by atoms with E-state index in [4.69, 9.17) is 5.73 Å². The van der Waals surface area contributed by atoms with Gasteiger partial charge in [0.25, 0.3) is 5.91 Å². The van der Waals surface area contributed by atoms with Gasteiger partial charge in [0.05, 0.1) is 5.56 Å². The van der Waals surface area contributed by atoms with Crippen LogP contribution in [-0.2, 0) is 6.18 Å². The topological polar surface area (TPSA) is 55.1 Å². The van der Waals surface area contributed by atoms with Crippen molar-refractivity contribution in [3.05, 3.63) is 33.8 Å². The molecule has 0 radical (unpaired) electrons. The number of hydrogen-bond donors (Lipinski definition) is 2. The van der Waals surface area contributed by atoms with E-state index < -0.39 is 17.6 Å². The van der Waals surface area contributed by atoms with Crippen molar-refractivity contribution in [3.8, 4) is 0 Å². The lowest BCUT2D eigenvalue weighted by atomic mass is 10.1. The lowest BCUT2D eigenvalue weighted by Gasteiger charge is -2.13. The minimum absolute atomic E-state index is 0.0428. The zero-order valence-corrected chi connectivity index (χ0v) is 11.8. The Labute approximate surface area is 117 Å². The van der Waals surface area contributed by atoms with E-state index in [2.05, 4.69) is 21.2 Å². The van der Waals surface area contributed by atoms with Crippen LogP contribution in [0.5, 0.6) is 0 Å². The van der Waals surface area contributed by atoms with Gasteiger partial charge < -0.3 is 11.1 Å². The summed E-state index contributed by atoms with van der Waals surface area (Å²) in [4.78, 5) is 11.7. The van der Waals surface area contributed by atoms with E-state index >= 15 is 0 Å². The molecule has 19 heavy (non-hydrogen) atoms. The Morgan fingerprint density at radius 2 is 2.11 bits per heavy atom. The van der Waals surface area contributed by atoms with Gasteiger partial charge in [-0.2, -0.15) is 13.2 Å². The molecule has 0 heterocycles. The third kappa shape index (κ3) is 4.50. The molecule has 1 unspecified atom stereocenters. The number of rotatable bonds is 4. The Hall–Kier alpha value is -1.08. The van der Waals surface area contributed by atoms with Crippen LogP contribution in [-0.4, -0.2) is 18.5 Å². The fraction of sp³-hybridized carbons (Fsp3) is 0.417. The maximum Gasteiger partial charge on any atom is 0.417 e. The summed E-state index contributed by atoms with van der Waals surface area (Å²) in [6.07, 6.45) is -3.83.